The van der Waals surface area contributed by atoms with E-state index in [0.29, 0.717) is 6.04 Å². The van der Waals surface area contributed by atoms with Crippen LogP contribution < -0.4 is 5.32 Å². The number of thiophene rings is 1. The Morgan fingerprint density at radius 1 is 1.53 bits per heavy atom. The van der Waals surface area contributed by atoms with Crippen LogP contribution in [0.3, 0.4) is 0 Å². The first-order chi connectivity index (χ1) is 8.08. The van der Waals surface area contributed by atoms with Crippen molar-refractivity contribution in [3.8, 4) is 0 Å². The largest absolute Gasteiger partial charge is 0.337 e. The molecule has 0 radical (unpaired) electrons. The number of nitrogens with zero attached hydrogens (tertiary/aromatic N) is 1. The maximum atomic E-state index is 12.1. The molecule has 0 aliphatic carbocycles. The van der Waals surface area contributed by atoms with Crippen molar-refractivity contribution in [1.29, 1.82) is 0 Å². The van der Waals surface area contributed by atoms with Gasteiger partial charge in [0, 0.05) is 19.1 Å². The summed E-state index contributed by atoms with van der Waals surface area (Å²) in [6.07, 6.45) is 0.931. The van der Waals surface area contributed by atoms with E-state index >= 15 is 0 Å². The number of carbonyl (C=O) groups is 1. The van der Waals surface area contributed by atoms with E-state index in [0.717, 1.165) is 19.5 Å². The summed E-state index contributed by atoms with van der Waals surface area (Å²) in [6.45, 7) is 7.91. The minimum Gasteiger partial charge on any atom is -0.337 e. The molecule has 1 saturated heterocycles. The van der Waals surface area contributed by atoms with Gasteiger partial charge in [-0.1, -0.05) is 13.8 Å². The Morgan fingerprint density at radius 3 is 2.88 bits per heavy atom. The van der Waals surface area contributed by atoms with Crippen LogP contribution in [0.25, 0.3) is 0 Å². The van der Waals surface area contributed by atoms with Crippen LogP contribution in [0, 0.1) is 6.92 Å². The summed E-state index contributed by atoms with van der Waals surface area (Å²) in [4.78, 5) is 14.1. The molecule has 1 fully saturated rings. The van der Waals surface area contributed by atoms with Crippen molar-refractivity contribution >= 4 is 17.2 Å². The summed E-state index contributed by atoms with van der Waals surface area (Å²) in [6, 6.07) is 0.390. The quantitative estimate of drug-likeness (QED) is 0.890. The highest BCUT2D eigenvalue weighted by molar-refractivity contribution is 7.08. The molecule has 4 heteroatoms. The molecule has 0 saturated carbocycles. The fourth-order valence-electron chi connectivity index (χ4n) is 2.21. The van der Waals surface area contributed by atoms with Crippen LogP contribution in [0.5, 0.6) is 0 Å². The minimum atomic E-state index is 0.0222. The van der Waals surface area contributed by atoms with Gasteiger partial charge in [-0.05, 0) is 35.2 Å². The van der Waals surface area contributed by atoms with Crippen molar-refractivity contribution in [3.05, 3.63) is 21.9 Å². The average Bonchev–Trinajstić information content (AvgIpc) is 2.79. The van der Waals surface area contributed by atoms with E-state index in [4.69, 9.17) is 0 Å². The van der Waals surface area contributed by atoms with Crippen LogP contribution in [-0.4, -0.2) is 29.4 Å². The maximum Gasteiger partial charge on any atom is 0.240 e. The van der Waals surface area contributed by atoms with Crippen LogP contribution >= 0.6 is 11.3 Å². The van der Waals surface area contributed by atoms with E-state index in [1.165, 1.54) is 11.1 Å². The van der Waals surface area contributed by atoms with E-state index in [1.54, 1.807) is 11.3 Å². The van der Waals surface area contributed by atoms with Gasteiger partial charge in [-0.3, -0.25) is 4.79 Å². The Bertz CT molecular complexity index is 400. The zero-order valence-corrected chi connectivity index (χ0v) is 11.5. The van der Waals surface area contributed by atoms with Crippen molar-refractivity contribution < 1.29 is 4.79 Å². The zero-order valence-electron chi connectivity index (χ0n) is 10.7. The highest BCUT2D eigenvalue weighted by Gasteiger charge is 2.31. The molecule has 94 valence electrons. The van der Waals surface area contributed by atoms with Gasteiger partial charge in [0.25, 0.3) is 0 Å². The highest BCUT2D eigenvalue weighted by atomic mass is 32.1. The second kappa shape index (κ2) is 5.19. The van der Waals surface area contributed by atoms with Crippen molar-refractivity contribution in [1.82, 2.24) is 10.2 Å². The van der Waals surface area contributed by atoms with E-state index in [1.807, 2.05) is 4.90 Å². The van der Waals surface area contributed by atoms with Gasteiger partial charge in [0.05, 0.1) is 6.04 Å². The summed E-state index contributed by atoms with van der Waals surface area (Å²) in [7, 11) is 0. The lowest BCUT2D eigenvalue weighted by Gasteiger charge is -2.18. The Labute approximate surface area is 107 Å². The molecule has 1 atom stereocenters. The Morgan fingerprint density at radius 2 is 2.29 bits per heavy atom. The zero-order chi connectivity index (χ0) is 12.4. The second-order valence-corrected chi connectivity index (χ2v) is 5.75. The maximum absolute atomic E-state index is 12.1. The lowest BCUT2D eigenvalue weighted by atomic mass is 10.2. The van der Waals surface area contributed by atoms with Gasteiger partial charge in [-0.15, -0.1) is 0 Å². The van der Waals surface area contributed by atoms with Crippen molar-refractivity contribution in [3.63, 3.8) is 0 Å². The van der Waals surface area contributed by atoms with Crippen LogP contribution in [0.15, 0.2) is 10.8 Å². The lowest BCUT2D eigenvalue weighted by molar-refractivity contribution is -0.130. The molecule has 17 heavy (non-hydrogen) atoms. The predicted octanol–water partition coefficient (Wildman–Crippen LogP) is 2.16. The second-order valence-electron chi connectivity index (χ2n) is 5.00. The molecule has 1 unspecified atom stereocenters. The molecule has 1 aliphatic heterocycles. The van der Waals surface area contributed by atoms with E-state index in [-0.39, 0.29) is 11.9 Å². The van der Waals surface area contributed by atoms with Gasteiger partial charge in [-0.2, -0.15) is 11.3 Å². The number of hydrogen-bond acceptors (Lipinski definition) is 3. The van der Waals surface area contributed by atoms with Gasteiger partial charge in [0.1, 0.15) is 0 Å². The molecule has 1 aromatic heterocycles. The third-order valence-corrected chi connectivity index (χ3v) is 4.07. The third-order valence-electron chi connectivity index (χ3n) is 3.15. The third kappa shape index (κ3) is 2.87. The number of carbonyl (C=O) groups excluding carboxylic acids is 1. The average molecular weight is 252 g/mol. The molecule has 0 aromatic carbocycles. The topological polar surface area (TPSA) is 32.3 Å². The fourth-order valence-corrected chi connectivity index (χ4v) is 3.06. The monoisotopic (exact) mass is 252 g/mol. The van der Waals surface area contributed by atoms with Gasteiger partial charge >= 0.3 is 0 Å². The van der Waals surface area contributed by atoms with Crippen molar-refractivity contribution in [2.24, 2.45) is 0 Å². The van der Waals surface area contributed by atoms with E-state index in [2.05, 4.69) is 36.8 Å². The summed E-state index contributed by atoms with van der Waals surface area (Å²) in [5.41, 5.74) is 2.58. The molecule has 1 N–H and O–H groups in total. The molecule has 2 heterocycles. The van der Waals surface area contributed by atoms with Gasteiger partial charge in [-0.25, -0.2) is 0 Å². The predicted molar refractivity (Wildman–Crippen MR) is 71.1 cm³/mol. The first-order valence-corrected chi connectivity index (χ1v) is 7.08. The van der Waals surface area contributed by atoms with E-state index < -0.39 is 0 Å². The molecule has 1 aliphatic rings. The SMILES string of the molecule is Cc1cscc1CN1CCC(NC(C)C)C1=O. The summed E-state index contributed by atoms with van der Waals surface area (Å²) < 4.78 is 0. The van der Waals surface area contributed by atoms with E-state index in [9.17, 15) is 4.79 Å². The molecule has 1 aromatic rings. The Balaban J connectivity index is 1.96. The van der Waals surface area contributed by atoms with Crippen LogP contribution in [0.2, 0.25) is 0 Å². The Kier molecular flexibility index (Phi) is 3.84. The van der Waals surface area contributed by atoms with Crippen LogP contribution in [0.4, 0.5) is 0 Å². The lowest BCUT2D eigenvalue weighted by Crippen LogP contribution is -2.41. The van der Waals surface area contributed by atoms with Crippen LogP contribution in [0.1, 0.15) is 31.4 Å². The number of amides is 1. The van der Waals surface area contributed by atoms with Crippen molar-refractivity contribution in [2.45, 2.75) is 45.8 Å². The minimum absolute atomic E-state index is 0.0222. The highest BCUT2D eigenvalue weighted by Crippen LogP contribution is 2.20. The molecular weight excluding hydrogens is 232 g/mol. The summed E-state index contributed by atoms with van der Waals surface area (Å²) in [5, 5.41) is 7.61. The molecular formula is C13H20N2OS. The van der Waals surface area contributed by atoms with Crippen LogP contribution in [-0.2, 0) is 11.3 Å². The molecule has 1 amide bonds. The molecule has 0 spiro atoms. The first-order valence-electron chi connectivity index (χ1n) is 6.14. The number of hydrogen-bond donors (Lipinski definition) is 1. The molecule has 0 bridgehead atoms. The number of rotatable bonds is 4. The fraction of sp³-hybridized carbons (Fsp3) is 0.615. The molecule has 2 rings (SSSR count). The van der Waals surface area contributed by atoms with Gasteiger partial charge in [0.2, 0.25) is 5.91 Å². The Hall–Kier alpha value is -0.870. The smallest absolute Gasteiger partial charge is 0.240 e. The van der Waals surface area contributed by atoms with Crippen molar-refractivity contribution in [2.75, 3.05) is 6.54 Å². The molecule has 3 nitrogen and oxygen atoms in total. The van der Waals surface area contributed by atoms with Gasteiger partial charge in [0.15, 0.2) is 0 Å². The first kappa shape index (κ1) is 12.6. The van der Waals surface area contributed by atoms with Gasteiger partial charge < -0.3 is 10.2 Å². The summed E-state index contributed by atoms with van der Waals surface area (Å²) >= 11 is 1.71. The number of likely N-dealkylation sites (tertiary alicyclic amines) is 1. The standard InChI is InChI=1S/C13H20N2OS/c1-9(2)14-12-4-5-15(13(12)16)6-11-8-17-7-10(11)3/h7-9,12,14H,4-6H2,1-3H3. The summed E-state index contributed by atoms with van der Waals surface area (Å²) in [5.74, 6) is 0.254. The number of aryl methyl sites for hydroxylation is 1. The number of nitrogens with one attached hydrogen (secondary N) is 1. The normalized spacial score (nSPS) is 20.6.